The predicted molar refractivity (Wildman–Crippen MR) is 216 cm³/mol. The molecule has 8 aliphatic rings. The first-order valence-electron chi connectivity index (χ1n) is 21.4. The molecule has 11 rings (SSSR count). The van der Waals surface area contributed by atoms with Gasteiger partial charge in [0.05, 0.1) is 11.7 Å². The maximum atomic E-state index is 14.1. The molecule has 3 aromatic carbocycles. The van der Waals surface area contributed by atoms with Gasteiger partial charge in [-0.05, 0) is 118 Å². The van der Waals surface area contributed by atoms with Gasteiger partial charge in [0, 0.05) is 47.4 Å². The molecule has 5 saturated carbocycles. The van der Waals surface area contributed by atoms with Gasteiger partial charge in [0.25, 0.3) is 0 Å². The van der Waals surface area contributed by atoms with Gasteiger partial charge in [0.2, 0.25) is 0 Å². The van der Waals surface area contributed by atoms with E-state index in [1.54, 1.807) is 7.11 Å². The highest BCUT2D eigenvalue weighted by molar-refractivity contribution is 7.47. The highest BCUT2D eigenvalue weighted by Gasteiger charge is 2.82. The van der Waals surface area contributed by atoms with Gasteiger partial charge in [-0.25, -0.2) is 4.57 Å². The topological polar surface area (TPSA) is 97.7 Å². The molecule has 6 fully saturated rings. The number of phosphoric ester groups is 1. The Kier molecular flexibility index (Phi) is 8.48. The first kappa shape index (κ1) is 37.6. The molecule has 2 spiro atoms. The molecule has 4 bridgehead atoms. The molecule has 2 N–H and O–H groups in total. The van der Waals surface area contributed by atoms with Crippen molar-refractivity contribution in [2.24, 2.45) is 22.7 Å². The third-order valence-electron chi connectivity index (χ3n) is 16.8. The largest absolute Gasteiger partial charge is 0.527 e. The lowest BCUT2D eigenvalue weighted by molar-refractivity contribution is -0.312. The van der Waals surface area contributed by atoms with Crippen LogP contribution in [0.4, 0.5) is 0 Å². The zero-order valence-electron chi connectivity index (χ0n) is 33.8. The van der Waals surface area contributed by atoms with Gasteiger partial charge in [-0.2, -0.15) is 0 Å². The molecular weight excluding hydrogens is 721 g/mol. The highest BCUT2D eigenvalue weighted by atomic mass is 31.2. The summed E-state index contributed by atoms with van der Waals surface area (Å²) in [6.07, 6.45) is 9.19. The van der Waals surface area contributed by atoms with Crippen LogP contribution in [0, 0.1) is 22.7 Å². The highest BCUT2D eigenvalue weighted by Crippen LogP contribution is 2.78. The number of hydrogen-bond acceptors (Lipinski definition) is 7. The molecular formula is C47H60NO7P. The molecule has 2 heterocycles. The van der Waals surface area contributed by atoms with Crippen molar-refractivity contribution in [3.05, 3.63) is 95.1 Å². The second kappa shape index (κ2) is 12.6. The van der Waals surface area contributed by atoms with Crippen LogP contribution in [0.15, 0.2) is 72.8 Å². The maximum absolute atomic E-state index is 14.1. The first-order chi connectivity index (χ1) is 26.7. The minimum absolute atomic E-state index is 0.132. The molecule has 0 radical (unpaired) electrons. The number of benzene rings is 3. The Morgan fingerprint density at radius 1 is 0.875 bits per heavy atom. The van der Waals surface area contributed by atoms with Crippen LogP contribution in [-0.4, -0.2) is 64.6 Å². The van der Waals surface area contributed by atoms with E-state index in [2.05, 4.69) is 80.3 Å². The molecule has 8 unspecified atom stereocenters. The molecule has 56 heavy (non-hydrogen) atoms. The number of phosphoric acid groups is 1. The molecule has 8 atom stereocenters. The number of likely N-dealkylation sites (tertiary alicyclic amines) is 1. The van der Waals surface area contributed by atoms with Crippen molar-refractivity contribution in [1.29, 1.82) is 0 Å². The lowest BCUT2D eigenvalue weighted by Crippen LogP contribution is -2.83. The molecule has 3 aromatic rings. The third-order valence-corrected chi connectivity index (χ3v) is 17.8. The van der Waals surface area contributed by atoms with Gasteiger partial charge in [-0.3, -0.25) is 14.3 Å². The number of fused-ring (bicyclic) bond motifs is 2. The molecule has 0 aromatic heterocycles. The van der Waals surface area contributed by atoms with E-state index in [1.165, 1.54) is 29.5 Å². The summed E-state index contributed by atoms with van der Waals surface area (Å²) in [5.41, 5.74) is 2.10. The van der Waals surface area contributed by atoms with Crippen LogP contribution in [0.1, 0.15) is 114 Å². The fourth-order valence-electron chi connectivity index (χ4n) is 13.4. The van der Waals surface area contributed by atoms with Crippen LogP contribution in [0.2, 0.25) is 0 Å². The van der Waals surface area contributed by atoms with Crippen molar-refractivity contribution >= 4 is 7.82 Å². The summed E-state index contributed by atoms with van der Waals surface area (Å²) in [6, 6.07) is 25.5. The molecule has 0 amide bonds. The van der Waals surface area contributed by atoms with Crippen LogP contribution in [0.25, 0.3) is 0 Å². The average molecular weight is 782 g/mol. The van der Waals surface area contributed by atoms with Gasteiger partial charge in [-0.15, -0.1) is 0 Å². The van der Waals surface area contributed by atoms with Crippen LogP contribution in [-0.2, 0) is 31.1 Å². The molecule has 6 aliphatic carbocycles. The van der Waals surface area contributed by atoms with Crippen molar-refractivity contribution in [3.63, 3.8) is 0 Å². The van der Waals surface area contributed by atoms with E-state index in [0.29, 0.717) is 24.6 Å². The van der Waals surface area contributed by atoms with E-state index in [9.17, 15) is 14.6 Å². The maximum Gasteiger partial charge on any atom is 0.527 e. The fourth-order valence-corrected chi connectivity index (χ4v) is 14.4. The van der Waals surface area contributed by atoms with Gasteiger partial charge in [0.1, 0.15) is 11.7 Å². The SMILES string of the molecule is COC12CCC3(CC1C(C)(O)C(C)(C)C)C1Cc4ccc(OP(=O)(O)OC5CCC(c6ccccc6)(c6ccccc6)CC5)c5c4C3(CCN1CC1CC1)C2O5. The van der Waals surface area contributed by atoms with Gasteiger partial charge < -0.3 is 19.1 Å². The lowest BCUT2D eigenvalue weighted by Gasteiger charge is -2.75. The second-order valence-corrected chi connectivity index (χ2v) is 21.3. The Balaban J connectivity index is 0.980. The van der Waals surface area contributed by atoms with E-state index in [0.717, 1.165) is 69.5 Å². The summed E-state index contributed by atoms with van der Waals surface area (Å²) >= 11 is 0. The number of hydrogen-bond donors (Lipinski definition) is 2. The summed E-state index contributed by atoms with van der Waals surface area (Å²) in [5.74, 6) is 1.47. The minimum Gasteiger partial charge on any atom is -0.482 e. The Labute approximate surface area is 332 Å². The summed E-state index contributed by atoms with van der Waals surface area (Å²) in [6.45, 7) is 10.5. The number of aliphatic hydroxyl groups is 1. The van der Waals surface area contributed by atoms with Crippen LogP contribution < -0.4 is 9.26 Å². The predicted octanol–water partition coefficient (Wildman–Crippen LogP) is 9.13. The average Bonchev–Trinajstić information content (AvgIpc) is 3.93. The van der Waals surface area contributed by atoms with E-state index < -0.39 is 30.5 Å². The number of rotatable bonds is 10. The Morgan fingerprint density at radius 2 is 1.54 bits per heavy atom. The Morgan fingerprint density at radius 3 is 2.14 bits per heavy atom. The summed E-state index contributed by atoms with van der Waals surface area (Å²) in [5, 5.41) is 12.6. The van der Waals surface area contributed by atoms with E-state index in [4.69, 9.17) is 18.5 Å². The Hall–Kier alpha value is -2.71. The van der Waals surface area contributed by atoms with Crippen molar-refractivity contribution in [1.82, 2.24) is 4.90 Å². The zero-order valence-corrected chi connectivity index (χ0v) is 34.7. The summed E-state index contributed by atoms with van der Waals surface area (Å²) in [4.78, 5) is 14.3. The summed E-state index contributed by atoms with van der Waals surface area (Å²) in [7, 11) is -2.76. The van der Waals surface area contributed by atoms with Gasteiger partial charge in [0.15, 0.2) is 11.5 Å². The first-order valence-corrected chi connectivity index (χ1v) is 22.9. The smallest absolute Gasteiger partial charge is 0.482 e. The van der Waals surface area contributed by atoms with Crippen molar-refractivity contribution in [2.45, 2.75) is 139 Å². The second-order valence-electron chi connectivity index (χ2n) is 20.0. The van der Waals surface area contributed by atoms with Gasteiger partial charge in [-0.1, -0.05) is 87.5 Å². The Bertz CT molecular complexity index is 2000. The zero-order chi connectivity index (χ0) is 38.9. The normalized spacial score (nSPS) is 35.2. The standard InChI is InChI=1S/C47H60NO7P/c1-42(2,3)43(4,49)37-29-45-24-25-47(37,52-5)41-46(45)26-27-48(30-31-16-17-31)38(45)28-32-18-19-36(40(53-41)39(32)46)55-56(50,51)54-35-20-22-44(23-21-35,33-12-8-6-9-13-33)34-14-10-7-11-15-34/h6-15,18-19,31,35,37-38,41,49H,16-17,20-30H2,1-5H3,(H,50,51). The van der Waals surface area contributed by atoms with E-state index in [1.807, 2.05) is 25.1 Å². The lowest BCUT2D eigenvalue weighted by atomic mass is 9.33. The molecule has 1 saturated heterocycles. The van der Waals surface area contributed by atoms with Gasteiger partial charge >= 0.3 is 7.82 Å². The van der Waals surface area contributed by atoms with Crippen molar-refractivity contribution in [2.75, 3.05) is 20.2 Å². The van der Waals surface area contributed by atoms with Crippen molar-refractivity contribution in [3.8, 4) is 11.5 Å². The number of nitrogens with zero attached hydrogens (tertiary/aromatic N) is 1. The van der Waals surface area contributed by atoms with Crippen LogP contribution in [0.3, 0.4) is 0 Å². The number of ether oxygens (including phenoxy) is 2. The summed E-state index contributed by atoms with van der Waals surface area (Å²) < 4.78 is 40.5. The third kappa shape index (κ3) is 5.18. The monoisotopic (exact) mass is 781 g/mol. The van der Waals surface area contributed by atoms with Crippen molar-refractivity contribution < 1.29 is 33.1 Å². The van der Waals surface area contributed by atoms with Crippen LogP contribution in [0.5, 0.6) is 11.5 Å². The molecule has 300 valence electrons. The fraction of sp³-hybridized carbons (Fsp3) is 0.617. The van der Waals surface area contributed by atoms with E-state index >= 15 is 0 Å². The van der Waals surface area contributed by atoms with Crippen LogP contribution >= 0.6 is 7.82 Å². The van der Waals surface area contributed by atoms with E-state index in [-0.39, 0.29) is 34.0 Å². The quantitative estimate of drug-likeness (QED) is 0.197. The molecule has 8 nitrogen and oxygen atoms in total. The molecule has 9 heteroatoms. The number of methoxy groups -OCH3 is 1. The minimum atomic E-state index is -4.56. The number of piperidine rings is 1. The molecule has 2 aliphatic heterocycles.